The minimum Gasteiger partial charge on any atom is -0.626 e. The van der Waals surface area contributed by atoms with Gasteiger partial charge in [-0.05, 0) is 116 Å². The van der Waals surface area contributed by atoms with Gasteiger partial charge in [-0.3, -0.25) is 0 Å². The van der Waals surface area contributed by atoms with Crippen molar-refractivity contribution in [3.05, 3.63) is 130 Å². The molecule has 4 heteroatoms. The van der Waals surface area contributed by atoms with Crippen molar-refractivity contribution in [2.75, 3.05) is 0 Å². The van der Waals surface area contributed by atoms with E-state index >= 15 is 0 Å². The molecule has 3 aliphatic heterocycles. The van der Waals surface area contributed by atoms with E-state index in [1.54, 1.807) is 22.3 Å². The molecular weight excluding hydrogens is 555 g/mol. The highest BCUT2D eigenvalue weighted by Crippen LogP contribution is 2.52. The summed E-state index contributed by atoms with van der Waals surface area (Å²) in [6.45, 7) is 0. The Balaban J connectivity index is 1.03. The Hall–Kier alpha value is -2.79. The first-order valence-electron chi connectivity index (χ1n) is 17.3. The van der Waals surface area contributed by atoms with Crippen LogP contribution < -0.4 is 5.32 Å². The molecule has 3 heterocycles. The first-order chi connectivity index (χ1) is 21.8. The molecule has 0 bridgehead atoms. The molecule has 0 saturated carbocycles. The molecule has 44 heavy (non-hydrogen) atoms. The monoisotopic (exact) mass is 598 g/mol. The molecular formula is C40H44N3S-. The zero-order chi connectivity index (χ0) is 29.0. The molecule has 8 aliphatic rings. The Bertz CT molecular complexity index is 1570. The summed E-state index contributed by atoms with van der Waals surface area (Å²) < 4.78 is 0. The van der Waals surface area contributed by atoms with E-state index in [4.69, 9.17) is 5.32 Å². The van der Waals surface area contributed by atoms with Gasteiger partial charge in [-0.25, -0.2) is 0 Å². The highest BCUT2D eigenvalue weighted by molar-refractivity contribution is 8.00. The van der Waals surface area contributed by atoms with Crippen molar-refractivity contribution < 1.29 is 0 Å². The van der Waals surface area contributed by atoms with E-state index < -0.39 is 0 Å². The first kappa shape index (κ1) is 27.5. The molecule has 1 aromatic carbocycles. The van der Waals surface area contributed by atoms with Crippen LogP contribution in [0.25, 0.3) is 5.32 Å². The Morgan fingerprint density at radius 3 is 2.73 bits per heavy atom. The number of fused-ring (bicyclic) bond motifs is 5. The van der Waals surface area contributed by atoms with Crippen LogP contribution in [0.15, 0.2) is 124 Å². The summed E-state index contributed by atoms with van der Waals surface area (Å²) in [4.78, 5) is 4.15. The van der Waals surface area contributed by atoms with Crippen LogP contribution in [0.3, 0.4) is 0 Å². The molecule has 226 valence electrons. The molecule has 8 atom stereocenters. The van der Waals surface area contributed by atoms with Crippen molar-refractivity contribution in [3.8, 4) is 0 Å². The molecule has 8 unspecified atom stereocenters. The van der Waals surface area contributed by atoms with E-state index in [1.807, 2.05) is 0 Å². The van der Waals surface area contributed by atoms with E-state index in [2.05, 4.69) is 113 Å². The third-order valence-electron chi connectivity index (χ3n) is 11.5. The molecule has 0 spiro atoms. The van der Waals surface area contributed by atoms with E-state index in [0.717, 1.165) is 30.9 Å². The smallest absolute Gasteiger partial charge is 0.0574 e. The highest BCUT2D eigenvalue weighted by Gasteiger charge is 2.41. The molecule has 1 saturated heterocycles. The van der Waals surface area contributed by atoms with Crippen LogP contribution in [0, 0.1) is 11.8 Å². The summed E-state index contributed by atoms with van der Waals surface area (Å²) >= 11 is 2.11. The topological polar surface area (TPSA) is 29.4 Å². The molecule has 5 aliphatic carbocycles. The predicted molar refractivity (Wildman–Crippen MR) is 183 cm³/mol. The molecule has 0 radical (unpaired) electrons. The number of rotatable bonds is 4. The predicted octanol–water partition coefficient (Wildman–Crippen LogP) is 9.39. The molecule has 0 aromatic heterocycles. The van der Waals surface area contributed by atoms with Crippen molar-refractivity contribution in [2.45, 2.75) is 105 Å². The van der Waals surface area contributed by atoms with Crippen molar-refractivity contribution in [2.24, 2.45) is 11.8 Å². The van der Waals surface area contributed by atoms with Crippen LogP contribution in [0.1, 0.15) is 75.7 Å². The minimum absolute atomic E-state index is 0.00526. The maximum absolute atomic E-state index is 5.75. The number of hydrogen-bond acceptors (Lipinski definition) is 3. The summed E-state index contributed by atoms with van der Waals surface area (Å²) in [6, 6.07) is 10.2. The maximum Gasteiger partial charge on any atom is 0.0574 e. The summed E-state index contributed by atoms with van der Waals surface area (Å²) in [5, 5.41) is 10.6. The van der Waals surface area contributed by atoms with Crippen molar-refractivity contribution in [1.29, 1.82) is 0 Å². The van der Waals surface area contributed by atoms with Crippen LogP contribution >= 0.6 is 11.8 Å². The summed E-state index contributed by atoms with van der Waals surface area (Å²) in [5.74, 6) is 1.57. The zero-order valence-corrected chi connectivity index (χ0v) is 26.5. The van der Waals surface area contributed by atoms with Crippen LogP contribution in [0.2, 0.25) is 0 Å². The maximum atomic E-state index is 5.75. The number of nitrogens with zero attached hydrogens (tertiary/aromatic N) is 2. The second kappa shape index (κ2) is 11.5. The molecule has 1 aromatic rings. The first-order valence-corrected chi connectivity index (χ1v) is 18.2. The van der Waals surface area contributed by atoms with Gasteiger partial charge in [0.25, 0.3) is 0 Å². The molecule has 0 amide bonds. The lowest BCUT2D eigenvalue weighted by molar-refractivity contribution is 0.169. The van der Waals surface area contributed by atoms with E-state index in [0.29, 0.717) is 35.9 Å². The SMILES string of the molecule is C1=CC2C3=C(C=CCC3)N(C3[N-]C(C4C=C(C5=CC6c7ccccc7SC6CC5)CCC4)CC(C4=CCCC=C4)N3)C2C=C1. The average Bonchev–Trinajstić information content (AvgIpc) is 3.64. The zero-order valence-electron chi connectivity index (χ0n) is 25.7. The molecule has 1 fully saturated rings. The van der Waals surface area contributed by atoms with Crippen LogP contribution in [0.4, 0.5) is 0 Å². The number of allylic oxidation sites excluding steroid dienone is 9. The van der Waals surface area contributed by atoms with Gasteiger partial charge in [0.15, 0.2) is 0 Å². The van der Waals surface area contributed by atoms with Crippen molar-refractivity contribution in [3.63, 3.8) is 0 Å². The Kier molecular flexibility index (Phi) is 7.21. The van der Waals surface area contributed by atoms with Gasteiger partial charge in [0.1, 0.15) is 0 Å². The number of benzene rings is 1. The standard InChI is InChI=1S/C40H44N3S/c1-2-11-26(12-3-1)34-25-35(42-40(41-34)43-36-18-7-4-15-30(36)31-16-5-8-19-37(31)43)29-14-10-13-27(23-29)28-21-22-39-33(24-28)32-17-6-9-20-38(32)44-39/h2,4,6-9,11-12,15,17-20,23-24,29-30,33-36,39-41H,1,3,5,10,13-14,16,21-22,25H2/q-1. The molecule has 9 rings (SSSR count). The van der Waals surface area contributed by atoms with Gasteiger partial charge < -0.3 is 15.5 Å². The fourth-order valence-corrected chi connectivity index (χ4v) is 10.8. The van der Waals surface area contributed by atoms with Gasteiger partial charge in [-0.15, -0.1) is 17.8 Å². The third kappa shape index (κ3) is 4.80. The quantitative estimate of drug-likeness (QED) is 0.374. The van der Waals surface area contributed by atoms with E-state index in [-0.39, 0.29) is 6.29 Å². The summed E-state index contributed by atoms with van der Waals surface area (Å²) in [5.41, 5.74) is 9.34. The molecule has 3 nitrogen and oxygen atoms in total. The van der Waals surface area contributed by atoms with Gasteiger partial charge in [0.2, 0.25) is 0 Å². The molecule has 1 N–H and O–H groups in total. The summed E-state index contributed by atoms with van der Waals surface area (Å²) in [6.07, 6.45) is 38.8. The van der Waals surface area contributed by atoms with Gasteiger partial charge in [-0.1, -0.05) is 79.0 Å². The Morgan fingerprint density at radius 2 is 1.77 bits per heavy atom. The van der Waals surface area contributed by atoms with Crippen LogP contribution in [0.5, 0.6) is 0 Å². The average molecular weight is 599 g/mol. The van der Waals surface area contributed by atoms with Gasteiger partial charge in [0, 0.05) is 33.7 Å². The lowest BCUT2D eigenvalue weighted by Gasteiger charge is -2.57. The second-order valence-electron chi connectivity index (χ2n) is 14.0. The van der Waals surface area contributed by atoms with E-state index in [9.17, 15) is 0 Å². The van der Waals surface area contributed by atoms with Crippen molar-refractivity contribution in [1.82, 2.24) is 10.2 Å². The highest BCUT2D eigenvalue weighted by atomic mass is 32.2. The lowest BCUT2D eigenvalue weighted by Crippen LogP contribution is -2.57. The van der Waals surface area contributed by atoms with Gasteiger partial charge in [0.05, 0.1) is 6.04 Å². The Morgan fingerprint density at radius 1 is 0.864 bits per heavy atom. The fraction of sp³-hybridized carbons (Fsp3) is 0.450. The Labute approximate surface area is 267 Å². The lowest BCUT2D eigenvalue weighted by atomic mass is 9.76. The number of hydrogen-bond donors (Lipinski definition) is 1. The third-order valence-corrected chi connectivity index (χ3v) is 12.9. The largest absolute Gasteiger partial charge is 0.626 e. The van der Waals surface area contributed by atoms with Crippen LogP contribution in [-0.2, 0) is 0 Å². The number of nitrogens with one attached hydrogen (secondary N) is 1. The normalized spacial score (nSPS) is 37.2. The fourth-order valence-electron chi connectivity index (χ4n) is 9.36. The summed E-state index contributed by atoms with van der Waals surface area (Å²) in [7, 11) is 0. The van der Waals surface area contributed by atoms with Gasteiger partial charge in [-0.2, -0.15) is 0 Å². The van der Waals surface area contributed by atoms with Crippen LogP contribution in [-0.4, -0.2) is 34.6 Å². The van der Waals surface area contributed by atoms with Gasteiger partial charge >= 0.3 is 0 Å². The minimum atomic E-state index is -0.00526. The van der Waals surface area contributed by atoms with Crippen molar-refractivity contribution >= 4 is 11.8 Å². The second-order valence-corrected chi connectivity index (χ2v) is 15.3. The van der Waals surface area contributed by atoms with E-state index in [1.165, 1.54) is 54.7 Å². The number of thioether (sulfide) groups is 1.